The molecule has 0 bridgehead atoms. The molecule has 1 saturated carbocycles. The van der Waals surface area contributed by atoms with Crippen molar-refractivity contribution in [1.82, 2.24) is 0 Å². The number of nitrogens with one attached hydrogen (secondary N) is 1. The minimum atomic E-state index is -4.67. The Hall–Kier alpha value is -1.43. The van der Waals surface area contributed by atoms with Crippen LogP contribution in [0.25, 0.3) is 0 Å². The topological polar surface area (TPSA) is 30.5 Å². The molecule has 0 heterocycles. The fourth-order valence-electron chi connectivity index (χ4n) is 1.97. The van der Waals surface area contributed by atoms with E-state index in [4.69, 9.17) is 4.74 Å². The summed E-state index contributed by atoms with van der Waals surface area (Å²) in [5.41, 5.74) is 0.607. The summed E-state index contributed by atoms with van der Waals surface area (Å²) in [6.07, 6.45) is -2.42. The van der Waals surface area contributed by atoms with E-state index in [1.54, 1.807) is 13.2 Å². The summed E-state index contributed by atoms with van der Waals surface area (Å²) in [6.45, 7) is 0.537. The predicted molar refractivity (Wildman–Crippen MR) is 65.1 cm³/mol. The minimum absolute atomic E-state index is 0.131. The lowest BCUT2D eigenvalue weighted by molar-refractivity contribution is -0.274. The highest BCUT2D eigenvalue weighted by Gasteiger charge is 2.32. The van der Waals surface area contributed by atoms with Crippen molar-refractivity contribution < 1.29 is 22.6 Å². The molecule has 6 heteroatoms. The van der Waals surface area contributed by atoms with Gasteiger partial charge in [-0.05, 0) is 30.9 Å². The van der Waals surface area contributed by atoms with E-state index in [2.05, 4.69) is 10.1 Å². The first-order valence-corrected chi connectivity index (χ1v) is 6.09. The Balaban J connectivity index is 2.01. The molecule has 1 atom stereocenters. The van der Waals surface area contributed by atoms with E-state index in [-0.39, 0.29) is 11.8 Å². The molecule has 0 spiro atoms. The van der Waals surface area contributed by atoms with Crippen LogP contribution in [0.2, 0.25) is 0 Å². The normalized spacial score (nSPS) is 17.1. The second-order valence-corrected chi connectivity index (χ2v) is 4.62. The second kappa shape index (κ2) is 5.69. The third kappa shape index (κ3) is 4.63. The molecule has 1 fully saturated rings. The van der Waals surface area contributed by atoms with Gasteiger partial charge in [-0.2, -0.15) is 0 Å². The Morgan fingerprint density at radius 1 is 1.37 bits per heavy atom. The lowest BCUT2D eigenvalue weighted by Crippen LogP contribution is -2.27. The Morgan fingerprint density at radius 2 is 2.11 bits per heavy atom. The largest absolute Gasteiger partial charge is 0.573 e. The van der Waals surface area contributed by atoms with E-state index < -0.39 is 6.36 Å². The second-order valence-electron chi connectivity index (χ2n) is 4.62. The number of methoxy groups -OCH3 is 1. The maximum Gasteiger partial charge on any atom is 0.573 e. The molecule has 1 aromatic carbocycles. The van der Waals surface area contributed by atoms with Crippen LogP contribution in [0, 0.1) is 5.92 Å². The zero-order valence-corrected chi connectivity index (χ0v) is 10.5. The van der Waals surface area contributed by atoms with Gasteiger partial charge in [-0.25, -0.2) is 0 Å². The van der Waals surface area contributed by atoms with Crippen molar-refractivity contribution in [2.24, 2.45) is 5.92 Å². The van der Waals surface area contributed by atoms with E-state index in [0.717, 1.165) is 12.8 Å². The number of hydrogen-bond donors (Lipinski definition) is 1. The van der Waals surface area contributed by atoms with Crippen LogP contribution in [0.15, 0.2) is 24.3 Å². The van der Waals surface area contributed by atoms with Gasteiger partial charge in [-0.1, -0.05) is 6.07 Å². The maximum absolute atomic E-state index is 12.1. The summed E-state index contributed by atoms with van der Waals surface area (Å²) in [5, 5.41) is 3.20. The Bertz CT molecular complexity index is 419. The van der Waals surface area contributed by atoms with Crippen LogP contribution in [0.3, 0.4) is 0 Å². The van der Waals surface area contributed by atoms with E-state index in [1.165, 1.54) is 18.2 Å². The molecule has 1 aliphatic carbocycles. The number of anilines is 1. The van der Waals surface area contributed by atoms with Crippen molar-refractivity contribution in [1.29, 1.82) is 0 Å². The fourth-order valence-corrected chi connectivity index (χ4v) is 1.97. The lowest BCUT2D eigenvalue weighted by atomic mass is 10.2. The number of halogens is 3. The van der Waals surface area contributed by atoms with Gasteiger partial charge in [0.15, 0.2) is 0 Å². The molecule has 0 radical (unpaired) electrons. The van der Waals surface area contributed by atoms with Gasteiger partial charge in [0, 0.05) is 18.9 Å². The molecule has 1 aliphatic rings. The minimum Gasteiger partial charge on any atom is -0.406 e. The molecule has 106 valence electrons. The van der Waals surface area contributed by atoms with Crippen LogP contribution < -0.4 is 10.1 Å². The molecule has 0 amide bonds. The lowest BCUT2D eigenvalue weighted by Gasteiger charge is -2.19. The monoisotopic (exact) mass is 275 g/mol. The number of rotatable bonds is 6. The molecule has 1 N–H and O–H groups in total. The number of benzene rings is 1. The molecular formula is C13H16F3NO2. The van der Waals surface area contributed by atoms with Crippen LogP contribution in [0.5, 0.6) is 5.75 Å². The molecule has 19 heavy (non-hydrogen) atoms. The first-order chi connectivity index (χ1) is 8.98. The van der Waals surface area contributed by atoms with Gasteiger partial charge < -0.3 is 14.8 Å². The van der Waals surface area contributed by atoms with Crippen LogP contribution in [-0.2, 0) is 4.74 Å². The van der Waals surface area contributed by atoms with Crippen molar-refractivity contribution in [2.45, 2.75) is 25.2 Å². The first-order valence-electron chi connectivity index (χ1n) is 6.09. The molecule has 0 aliphatic heterocycles. The molecule has 0 aromatic heterocycles. The average Bonchev–Trinajstić information content (AvgIpc) is 3.10. The number of hydrogen-bond acceptors (Lipinski definition) is 3. The Labute approximate surface area is 109 Å². The standard InChI is InChI=1S/C13H16F3NO2/c1-18-8-12(9-5-6-9)17-10-3-2-4-11(7-10)19-13(14,15)16/h2-4,7,9,12,17H,5-6,8H2,1H3. The zero-order chi connectivity index (χ0) is 13.9. The van der Waals surface area contributed by atoms with Gasteiger partial charge in [0.1, 0.15) is 5.75 Å². The average molecular weight is 275 g/mol. The Morgan fingerprint density at radius 3 is 2.68 bits per heavy atom. The van der Waals surface area contributed by atoms with Crippen molar-refractivity contribution >= 4 is 5.69 Å². The molecule has 2 rings (SSSR count). The van der Waals surface area contributed by atoms with Gasteiger partial charge in [-0.3, -0.25) is 0 Å². The molecule has 1 aromatic rings. The molecule has 0 saturated heterocycles. The molecular weight excluding hydrogens is 259 g/mol. The van der Waals surface area contributed by atoms with E-state index in [1.807, 2.05) is 0 Å². The number of alkyl halides is 3. The summed E-state index contributed by atoms with van der Waals surface area (Å²) in [5.74, 6) is 0.316. The van der Waals surface area contributed by atoms with Gasteiger partial charge in [0.05, 0.1) is 12.6 Å². The quantitative estimate of drug-likeness (QED) is 0.863. The van der Waals surface area contributed by atoms with E-state index >= 15 is 0 Å². The summed E-state index contributed by atoms with van der Waals surface area (Å²) < 4.78 is 45.4. The highest BCUT2D eigenvalue weighted by atomic mass is 19.4. The third-order valence-electron chi connectivity index (χ3n) is 2.96. The Kier molecular flexibility index (Phi) is 4.19. The summed E-state index contributed by atoms with van der Waals surface area (Å²) in [6, 6.07) is 6.00. The van der Waals surface area contributed by atoms with Crippen LogP contribution in [-0.4, -0.2) is 26.1 Å². The highest BCUT2D eigenvalue weighted by molar-refractivity contribution is 5.49. The van der Waals surface area contributed by atoms with E-state index in [9.17, 15) is 13.2 Å². The number of ether oxygens (including phenoxy) is 2. The predicted octanol–water partition coefficient (Wildman–Crippen LogP) is 3.42. The van der Waals surface area contributed by atoms with Crippen LogP contribution in [0.4, 0.5) is 18.9 Å². The van der Waals surface area contributed by atoms with Gasteiger partial charge in [0.2, 0.25) is 0 Å². The first kappa shape index (κ1) is 14.0. The summed E-state index contributed by atoms with van der Waals surface area (Å²) in [7, 11) is 1.61. The van der Waals surface area contributed by atoms with Gasteiger partial charge in [-0.15, -0.1) is 13.2 Å². The zero-order valence-electron chi connectivity index (χ0n) is 10.5. The molecule has 1 unspecified atom stereocenters. The van der Waals surface area contributed by atoms with Gasteiger partial charge >= 0.3 is 6.36 Å². The van der Waals surface area contributed by atoms with Crippen molar-refractivity contribution in [3.63, 3.8) is 0 Å². The summed E-state index contributed by atoms with van der Waals surface area (Å²) in [4.78, 5) is 0. The van der Waals surface area contributed by atoms with Crippen molar-refractivity contribution in [3.8, 4) is 5.75 Å². The fraction of sp³-hybridized carbons (Fsp3) is 0.538. The third-order valence-corrected chi connectivity index (χ3v) is 2.96. The van der Waals surface area contributed by atoms with Gasteiger partial charge in [0.25, 0.3) is 0 Å². The van der Waals surface area contributed by atoms with Crippen molar-refractivity contribution in [3.05, 3.63) is 24.3 Å². The SMILES string of the molecule is COCC(Nc1cccc(OC(F)(F)F)c1)C1CC1. The van der Waals surface area contributed by atoms with E-state index in [0.29, 0.717) is 18.2 Å². The van der Waals surface area contributed by atoms with Crippen LogP contribution >= 0.6 is 0 Å². The highest BCUT2D eigenvalue weighted by Crippen LogP contribution is 2.35. The molecule has 3 nitrogen and oxygen atoms in total. The van der Waals surface area contributed by atoms with Crippen molar-refractivity contribution in [2.75, 3.05) is 19.0 Å². The maximum atomic E-state index is 12.1. The summed E-state index contributed by atoms with van der Waals surface area (Å²) >= 11 is 0. The smallest absolute Gasteiger partial charge is 0.406 e. The van der Waals surface area contributed by atoms with Crippen LogP contribution in [0.1, 0.15) is 12.8 Å².